The number of carbonyl (C=O) groups excluding carboxylic acids is 2. The highest BCUT2D eigenvalue weighted by Crippen LogP contribution is 2.41. The van der Waals surface area contributed by atoms with Crippen LogP contribution in [0.4, 0.5) is 13.2 Å². The van der Waals surface area contributed by atoms with Gasteiger partial charge in [0.25, 0.3) is 5.91 Å². The summed E-state index contributed by atoms with van der Waals surface area (Å²) < 4.78 is 33.6. The molecule has 2 aromatic heterocycles. The Morgan fingerprint density at radius 3 is 2.53 bits per heavy atom. The highest BCUT2D eigenvalue weighted by atomic mass is 32.1. The third-order valence-electron chi connectivity index (χ3n) is 5.56. The molecule has 0 aliphatic carbocycles. The molecule has 2 saturated heterocycles. The molecule has 2 aliphatic heterocycles. The van der Waals surface area contributed by atoms with Crippen LogP contribution in [0.5, 0.6) is 0 Å². The molecule has 0 saturated carbocycles. The number of rotatable bonds is 3. The van der Waals surface area contributed by atoms with Crippen molar-refractivity contribution in [1.82, 2.24) is 19.4 Å². The summed E-state index contributed by atoms with van der Waals surface area (Å²) in [5, 5.41) is 10.2. The second kappa shape index (κ2) is 8.93. The van der Waals surface area contributed by atoms with Gasteiger partial charge in [-0.25, -0.2) is 9.78 Å². The molecule has 2 aliphatic rings. The van der Waals surface area contributed by atoms with Crippen molar-refractivity contribution < 1.29 is 32.7 Å². The SMILES string of the molecule is Cc1nc(CN2CC3(CCN(C(=O)c4cccn4C)C3)CC2=O)cs1.O=C(O)C(F)(F)F. The molecular weight excluding hydrogens is 449 g/mol. The smallest absolute Gasteiger partial charge is 0.475 e. The standard InChI is InChI=1S/C18H22N4O2S.C2HF3O2/c1-13-19-14(10-25-13)9-22-12-18(8-16(22)23)5-7-21(11-18)17(24)15-4-3-6-20(15)2;3-2(4,5)1(6)7/h3-4,6,10H,5,7-9,11-12H2,1-2H3;(H,6,7). The Balaban J connectivity index is 0.000000360. The molecular formula is C20H23F3N4O4S. The molecule has 1 atom stereocenters. The number of thiazole rings is 1. The number of carboxylic acid groups (broad SMARTS) is 1. The molecule has 1 spiro atoms. The van der Waals surface area contributed by atoms with Gasteiger partial charge >= 0.3 is 12.1 Å². The van der Waals surface area contributed by atoms with E-state index < -0.39 is 12.1 Å². The summed E-state index contributed by atoms with van der Waals surface area (Å²) in [6.07, 6.45) is -1.77. The van der Waals surface area contributed by atoms with Crippen molar-refractivity contribution in [2.45, 2.75) is 32.5 Å². The third kappa shape index (κ3) is 5.29. The Morgan fingerprint density at radius 2 is 2.00 bits per heavy atom. The lowest BCUT2D eigenvalue weighted by molar-refractivity contribution is -0.192. The molecule has 4 heterocycles. The molecule has 0 radical (unpaired) electrons. The lowest BCUT2D eigenvalue weighted by atomic mass is 9.86. The van der Waals surface area contributed by atoms with Gasteiger partial charge in [0.1, 0.15) is 5.69 Å². The van der Waals surface area contributed by atoms with Gasteiger partial charge in [0.2, 0.25) is 5.91 Å². The number of aromatic nitrogens is 2. The van der Waals surface area contributed by atoms with E-state index in [1.165, 1.54) is 0 Å². The first-order chi connectivity index (χ1) is 14.9. The van der Waals surface area contributed by atoms with E-state index in [1.54, 1.807) is 11.3 Å². The predicted octanol–water partition coefficient (Wildman–Crippen LogP) is 2.69. The molecule has 8 nitrogen and oxygen atoms in total. The number of halogens is 3. The monoisotopic (exact) mass is 472 g/mol. The zero-order valence-corrected chi connectivity index (χ0v) is 18.4. The van der Waals surface area contributed by atoms with Crippen molar-refractivity contribution in [3.05, 3.63) is 40.1 Å². The Kier molecular flexibility index (Phi) is 6.63. The number of alkyl halides is 3. The minimum atomic E-state index is -5.08. The van der Waals surface area contributed by atoms with Crippen molar-refractivity contribution in [2.24, 2.45) is 12.5 Å². The number of carboxylic acids is 1. The van der Waals surface area contributed by atoms with Gasteiger partial charge in [-0.2, -0.15) is 13.2 Å². The lowest BCUT2D eigenvalue weighted by Gasteiger charge is -2.24. The number of aryl methyl sites for hydroxylation is 2. The summed E-state index contributed by atoms with van der Waals surface area (Å²) in [4.78, 5) is 42.4. The minimum absolute atomic E-state index is 0.0606. The van der Waals surface area contributed by atoms with Gasteiger partial charge in [-0.1, -0.05) is 0 Å². The molecule has 2 amide bonds. The zero-order chi connectivity index (χ0) is 23.7. The van der Waals surface area contributed by atoms with E-state index in [-0.39, 0.29) is 17.2 Å². The predicted molar refractivity (Wildman–Crippen MR) is 109 cm³/mol. The molecule has 2 fully saturated rings. The van der Waals surface area contributed by atoms with E-state index in [9.17, 15) is 22.8 Å². The van der Waals surface area contributed by atoms with E-state index in [2.05, 4.69) is 4.98 Å². The van der Waals surface area contributed by atoms with Crippen LogP contribution in [0.25, 0.3) is 0 Å². The Morgan fingerprint density at radius 1 is 1.31 bits per heavy atom. The molecule has 0 bridgehead atoms. The van der Waals surface area contributed by atoms with Crippen LogP contribution < -0.4 is 0 Å². The van der Waals surface area contributed by atoms with E-state index >= 15 is 0 Å². The van der Waals surface area contributed by atoms with Crippen molar-refractivity contribution in [3.8, 4) is 0 Å². The van der Waals surface area contributed by atoms with Crippen LogP contribution in [0.1, 0.15) is 34.0 Å². The van der Waals surface area contributed by atoms with E-state index in [0.29, 0.717) is 25.2 Å². The van der Waals surface area contributed by atoms with Crippen LogP contribution in [0.3, 0.4) is 0 Å². The fraction of sp³-hybridized carbons (Fsp3) is 0.500. The fourth-order valence-corrected chi connectivity index (χ4v) is 4.63. The normalized spacial score (nSPS) is 20.6. The summed E-state index contributed by atoms with van der Waals surface area (Å²) in [5.74, 6) is -2.52. The number of aliphatic carboxylic acids is 1. The minimum Gasteiger partial charge on any atom is -0.475 e. The second-order valence-electron chi connectivity index (χ2n) is 8.07. The molecule has 2 aromatic rings. The maximum Gasteiger partial charge on any atom is 0.490 e. The Labute approximate surface area is 186 Å². The van der Waals surface area contributed by atoms with Crippen LogP contribution in [0.15, 0.2) is 23.7 Å². The Bertz CT molecular complexity index is 1020. The summed E-state index contributed by atoms with van der Waals surface area (Å²) >= 11 is 1.61. The average molecular weight is 472 g/mol. The molecule has 1 unspecified atom stereocenters. The average Bonchev–Trinajstić information content (AvgIpc) is 3.46. The quantitative estimate of drug-likeness (QED) is 0.741. The maximum atomic E-state index is 12.7. The highest BCUT2D eigenvalue weighted by Gasteiger charge is 2.48. The summed E-state index contributed by atoms with van der Waals surface area (Å²) in [7, 11) is 1.88. The first-order valence-corrected chi connectivity index (χ1v) is 10.7. The van der Waals surface area contributed by atoms with Gasteiger partial charge in [-0.15, -0.1) is 11.3 Å². The van der Waals surface area contributed by atoms with Gasteiger partial charge in [-0.3, -0.25) is 9.59 Å². The van der Waals surface area contributed by atoms with Gasteiger partial charge in [0, 0.05) is 50.1 Å². The number of hydrogen-bond acceptors (Lipinski definition) is 5. The number of likely N-dealkylation sites (tertiary alicyclic amines) is 2. The molecule has 32 heavy (non-hydrogen) atoms. The van der Waals surface area contributed by atoms with Crippen molar-refractivity contribution >= 4 is 29.1 Å². The first-order valence-electron chi connectivity index (χ1n) is 9.80. The second-order valence-corrected chi connectivity index (χ2v) is 9.13. The van der Waals surface area contributed by atoms with Gasteiger partial charge in [0.05, 0.1) is 17.2 Å². The summed E-state index contributed by atoms with van der Waals surface area (Å²) in [6.45, 7) is 4.66. The van der Waals surface area contributed by atoms with Crippen molar-refractivity contribution in [3.63, 3.8) is 0 Å². The zero-order valence-electron chi connectivity index (χ0n) is 17.6. The van der Waals surface area contributed by atoms with E-state index in [4.69, 9.17) is 9.90 Å². The van der Waals surface area contributed by atoms with Crippen LogP contribution in [0, 0.1) is 12.3 Å². The molecule has 174 valence electrons. The van der Waals surface area contributed by atoms with Crippen LogP contribution in [-0.2, 0) is 23.2 Å². The Hall–Kier alpha value is -2.89. The topological polar surface area (TPSA) is 95.7 Å². The molecule has 12 heteroatoms. The van der Waals surface area contributed by atoms with Crippen LogP contribution >= 0.6 is 11.3 Å². The lowest BCUT2D eigenvalue weighted by Crippen LogP contribution is -2.34. The summed E-state index contributed by atoms with van der Waals surface area (Å²) in [6, 6.07) is 3.74. The number of hydrogen-bond donors (Lipinski definition) is 1. The van der Waals surface area contributed by atoms with Crippen LogP contribution in [-0.4, -0.2) is 68.1 Å². The summed E-state index contributed by atoms with van der Waals surface area (Å²) in [5.41, 5.74) is 1.57. The third-order valence-corrected chi connectivity index (χ3v) is 6.38. The van der Waals surface area contributed by atoms with E-state index in [0.717, 1.165) is 30.2 Å². The first kappa shape index (κ1) is 23.8. The molecule has 1 N–H and O–H groups in total. The van der Waals surface area contributed by atoms with Crippen molar-refractivity contribution in [2.75, 3.05) is 19.6 Å². The number of nitrogens with zero attached hydrogens (tertiary/aromatic N) is 4. The van der Waals surface area contributed by atoms with Crippen molar-refractivity contribution in [1.29, 1.82) is 0 Å². The van der Waals surface area contributed by atoms with Gasteiger partial charge in [0.15, 0.2) is 0 Å². The molecule has 0 aromatic carbocycles. The number of amides is 2. The molecule has 4 rings (SSSR count). The fourth-order valence-electron chi connectivity index (χ4n) is 4.03. The van der Waals surface area contributed by atoms with E-state index in [1.807, 2.05) is 52.0 Å². The maximum absolute atomic E-state index is 12.7. The largest absolute Gasteiger partial charge is 0.490 e. The number of carbonyl (C=O) groups is 3. The van der Waals surface area contributed by atoms with Crippen LogP contribution in [0.2, 0.25) is 0 Å². The van der Waals surface area contributed by atoms with Gasteiger partial charge in [-0.05, 0) is 25.5 Å². The highest BCUT2D eigenvalue weighted by molar-refractivity contribution is 7.09. The van der Waals surface area contributed by atoms with Gasteiger partial charge < -0.3 is 19.5 Å².